The molecule has 0 unspecified atom stereocenters. The minimum Gasteiger partial charge on any atom is -0.495 e. The number of aromatic nitrogens is 2. The second kappa shape index (κ2) is 9.03. The summed E-state index contributed by atoms with van der Waals surface area (Å²) in [6.45, 7) is 5.01. The fourth-order valence-corrected chi connectivity index (χ4v) is 5.78. The Balaban J connectivity index is 1.32. The van der Waals surface area contributed by atoms with Crippen LogP contribution in [0, 0.1) is 0 Å². The number of piperazine rings is 1. The van der Waals surface area contributed by atoms with E-state index in [1.807, 2.05) is 23.6 Å². The number of hydrogen-bond acceptors (Lipinski definition) is 8. The molecule has 3 aromatic rings. The van der Waals surface area contributed by atoms with E-state index in [4.69, 9.17) is 9.57 Å². The summed E-state index contributed by atoms with van der Waals surface area (Å²) >= 11 is 1.45. The first-order chi connectivity index (χ1) is 16.1. The van der Waals surface area contributed by atoms with Crippen molar-refractivity contribution in [3.05, 3.63) is 55.4 Å². The number of benzene rings is 1. The molecule has 0 amide bonds. The lowest BCUT2D eigenvalue weighted by Crippen LogP contribution is -2.49. The zero-order valence-electron chi connectivity index (χ0n) is 18.8. The molecule has 2 aliphatic rings. The molecule has 0 saturated carbocycles. The van der Waals surface area contributed by atoms with Gasteiger partial charge in [-0.25, -0.2) is 4.79 Å². The third kappa shape index (κ3) is 3.83. The maximum absolute atomic E-state index is 13.2. The fraction of sp³-hybridized carbons (Fsp3) is 0.435. The highest BCUT2D eigenvalue weighted by Gasteiger charge is 2.26. The molecule has 2 aromatic heterocycles. The highest BCUT2D eigenvalue weighted by molar-refractivity contribution is 7.14. The van der Waals surface area contributed by atoms with Crippen LogP contribution in [-0.4, -0.2) is 66.7 Å². The van der Waals surface area contributed by atoms with Gasteiger partial charge in [0.2, 0.25) is 0 Å². The van der Waals surface area contributed by atoms with Crippen LogP contribution in [0.1, 0.15) is 11.3 Å². The van der Waals surface area contributed by atoms with Gasteiger partial charge in [-0.15, -0.1) is 11.3 Å². The van der Waals surface area contributed by atoms with Gasteiger partial charge >= 0.3 is 5.69 Å². The smallest absolute Gasteiger partial charge is 0.331 e. The number of rotatable bonds is 6. The number of nitrogens with zero attached hydrogens (tertiary/aromatic N) is 5. The van der Waals surface area contributed by atoms with E-state index in [1.165, 1.54) is 23.0 Å². The summed E-state index contributed by atoms with van der Waals surface area (Å²) in [7, 11) is 3.20. The fourth-order valence-electron chi connectivity index (χ4n) is 4.73. The number of hydrogen-bond donors (Lipinski definition) is 0. The SMILES string of the molecule is CO/N=C1\CCn2c(=O)n(CCN3CCN(c4ccccc4OC)CC3)c(=O)c3csc1c32. The average Bonchev–Trinajstić information content (AvgIpc) is 3.30. The molecule has 174 valence electrons. The van der Waals surface area contributed by atoms with Crippen LogP contribution in [0.15, 0.2) is 44.4 Å². The molecule has 0 radical (unpaired) electrons. The molecule has 1 aromatic carbocycles. The number of methoxy groups -OCH3 is 1. The van der Waals surface area contributed by atoms with Gasteiger partial charge < -0.3 is 14.5 Å². The molecule has 4 heterocycles. The second-order valence-electron chi connectivity index (χ2n) is 8.19. The summed E-state index contributed by atoms with van der Waals surface area (Å²) in [6.07, 6.45) is 0.611. The first-order valence-electron chi connectivity index (χ1n) is 11.1. The van der Waals surface area contributed by atoms with Gasteiger partial charge in [-0.3, -0.25) is 18.8 Å². The van der Waals surface area contributed by atoms with Gasteiger partial charge in [0.15, 0.2) is 0 Å². The van der Waals surface area contributed by atoms with E-state index in [9.17, 15) is 9.59 Å². The van der Waals surface area contributed by atoms with Crippen molar-refractivity contribution in [1.29, 1.82) is 0 Å². The van der Waals surface area contributed by atoms with Gasteiger partial charge in [-0.05, 0) is 12.1 Å². The minimum atomic E-state index is -0.240. The van der Waals surface area contributed by atoms with Crippen molar-refractivity contribution in [2.24, 2.45) is 5.16 Å². The van der Waals surface area contributed by atoms with Crippen LogP contribution in [0.2, 0.25) is 0 Å². The van der Waals surface area contributed by atoms with Crippen LogP contribution in [0.5, 0.6) is 5.75 Å². The molecule has 2 aliphatic heterocycles. The maximum atomic E-state index is 13.2. The van der Waals surface area contributed by atoms with Gasteiger partial charge in [0, 0.05) is 57.6 Å². The second-order valence-corrected chi connectivity index (χ2v) is 9.07. The van der Waals surface area contributed by atoms with E-state index >= 15 is 0 Å². The predicted molar refractivity (Wildman–Crippen MR) is 130 cm³/mol. The number of ether oxygens (including phenoxy) is 1. The number of oxime groups is 1. The highest BCUT2D eigenvalue weighted by Crippen LogP contribution is 2.29. The van der Waals surface area contributed by atoms with Crippen molar-refractivity contribution in [3.8, 4) is 5.75 Å². The Morgan fingerprint density at radius 3 is 2.58 bits per heavy atom. The molecule has 1 fully saturated rings. The summed E-state index contributed by atoms with van der Waals surface area (Å²) in [6, 6.07) is 8.05. The van der Waals surface area contributed by atoms with Crippen LogP contribution in [0.4, 0.5) is 5.69 Å². The summed E-state index contributed by atoms with van der Waals surface area (Å²) in [4.78, 5) is 36.7. The van der Waals surface area contributed by atoms with Gasteiger partial charge in [0.1, 0.15) is 18.6 Å². The van der Waals surface area contributed by atoms with E-state index in [1.54, 1.807) is 11.7 Å². The highest BCUT2D eigenvalue weighted by atomic mass is 32.1. The molecule has 9 nitrogen and oxygen atoms in total. The third-order valence-corrected chi connectivity index (χ3v) is 7.46. The molecule has 0 aliphatic carbocycles. The number of anilines is 1. The van der Waals surface area contributed by atoms with Crippen LogP contribution < -0.4 is 20.9 Å². The zero-order chi connectivity index (χ0) is 22.9. The van der Waals surface area contributed by atoms with Crippen molar-refractivity contribution >= 4 is 33.6 Å². The lowest BCUT2D eigenvalue weighted by molar-refractivity contribution is 0.212. The standard InChI is InChI=1S/C23H27N5O4S/c1-31-19-6-4-3-5-18(19)26-12-9-25(10-13-26)11-14-28-22(29)16-15-33-21-17(24-32-2)7-8-27(20(16)21)23(28)30/h3-6,15H,7-14H2,1-2H3/b24-17+. The Hall–Kier alpha value is -3.11. The molecule has 33 heavy (non-hydrogen) atoms. The Kier molecular flexibility index (Phi) is 5.94. The monoisotopic (exact) mass is 469 g/mol. The largest absolute Gasteiger partial charge is 0.495 e. The molecule has 0 bridgehead atoms. The first kappa shape index (κ1) is 21.7. The lowest BCUT2D eigenvalue weighted by Gasteiger charge is -2.36. The molecule has 1 saturated heterocycles. The van der Waals surface area contributed by atoms with Crippen LogP contribution in [0.25, 0.3) is 10.9 Å². The molecular formula is C23H27N5O4S. The Morgan fingerprint density at radius 2 is 1.82 bits per heavy atom. The molecule has 5 rings (SSSR count). The first-order valence-corrected chi connectivity index (χ1v) is 12.0. The van der Waals surface area contributed by atoms with Crippen LogP contribution >= 0.6 is 11.3 Å². The van der Waals surface area contributed by atoms with Gasteiger partial charge in [0.25, 0.3) is 5.56 Å². The molecule has 10 heteroatoms. The van der Waals surface area contributed by atoms with Crippen molar-refractivity contribution < 1.29 is 9.57 Å². The zero-order valence-corrected chi connectivity index (χ0v) is 19.6. The quantitative estimate of drug-likeness (QED) is 0.512. The van der Waals surface area contributed by atoms with Crippen molar-refractivity contribution in [3.63, 3.8) is 0 Å². The Labute approximate surface area is 195 Å². The topological polar surface area (TPSA) is 81.3 Å². The van der Waals surface area contributed by atoms with E-state index in [-0.39, 0.29) is 11.2 Å². The molecule has 0 atom stereocenters. The van der Waals surface area contributed by atoms with Gasteiger partial charge in [0.05, 0.1) is 28.6 Å². The van der Waals surface area contributed by atoms with Gasteiger partial charge in [-0.2, -0.15) is 0 Å². The van der Waals surface area contributed by atoms with Crippen LogP contribution in [0.3, 0.4) is 0 Å². The summed E-state index contributed by atoms with van der Waals surface area (Å²) in [5.74, 6) is 0.877. The van der Waals surface area contributed by atoms with Crippen molar-refractivity contribution in [2.75, 3.05) is 51.8 Å². The lowest BCUT2D eigenvalue weighted by atomic mass is 10.1. The normalized spacial score (nSPS) is 17.6. The van der Waals surface area contributed by atoms with Crippen molar-refractivity contribution in [2.45, 2.75) is 19.5 Å². The minimum absolute atomic E-state index is 0.222. The number of thiophene rings is 1. The van der Waals surface area contributed by atoms with E-state index in [2.05, 4.69) is 21.0 Å². The van der Waals surface area contributed by atoms with Crippen LogP contribution in [-0.2, 0) is 17.9 Å². The summed E-state index contributed by atoms with van der Waals surface area (Å²) < 4.78 is 8.61. The Morgan fingerprint density at radius 1 is 1.03 bits per heavy atom. The summed E-state index contributed by atoms with van der Waals surface area (Å²) in [5, 5.41) is 6.50. The number of aryl methyl sites for hydroxylation is 1. The third-order valence-electron chi connectivity index (χ3n) is 6.45. The van der Waals surface area contributed by atoms with E-state index in [0.717, 1.165) is 48.2 Å². The van der Waals surface area contributed by atoms with Crippen molar-refractivity contribution in [1.82, 2.24) is 14.0 Å². The number of para-hydroxylation sites is 2. The van der Waals surface area contributed by atoms with Gasteiger partial charge in [-0.1, -0.05) is 17.3 Å². The molecule has 0 N–H and O–H groups in total. The molecule has 0 spiro atoms. The van der Waals surface area contributed by atoms with E-state index in [0.29, 0.717) is 37.0 Å². The Bertz CT molecular complexity index is 1320. The maximum Gasteiger partial charge on any atom is 0.331 e. The molecular weight excluding hydrogens is 442 g/mol. The average molecular weight is 470 g/mol. The van der Waals surface area contributed by atoms with E-state index < -0.39 is 0 Å². The predicted octanol–water partition coefficient (Wildman–Crippen LogP) is 1.81. The summed E-state index contributed by atoms with van der Waals surface area (Å²) in [5.41, 5.74) is 2.13.